The Labute approximate surface area is 172 Å². The Balaban J connectivity index is 1.64. The molecule has 2 N–H and O–H groups in total. The molecule has 7 nitrogen and oxygen atoms in total. The number of nitrogens with zero attached hydrogens (tertiary/aromatic N) is 4. The normalized spacial score (nSPS) is 21.0. The van der Waals surface area contributed by atoms with Gasteiger partial charge in [0.25, 0.3) is 0 Å². The van der Waals surface area contributed by atoms with Crippen molar-refractivity contribution < 1.29 is 4.74 Å². The highest BCUT2D eigenvalue weighted by Crippen LogP contribution is 2.32. The van der Waals surface area contributed by atoms with Crippen LogP contribution in [0.15, 0.2) is 30.5 Å². The first-order valence-corrected chi connectivity index (χ1v) is 10.3. The SMILES string of the molecule is CC1(C)CN(c2cnc(NCC3CCNC3)nc2-c2ccc(C#N)cc2)CCO1. The van der Waals surface area contributed by atoms with Gasteiger partial charge in [0.2, 0.25) is 5.95 Å². The first kappa shape index (κ1) is 19.6. The number of nitriles is 1. The van der Waals surface area contributed by atoms with Gasteiger partial charge in [-0.25, -0.2) is 9.97 Å². The smallest absolute Gasteiger partial charge is 0.223 e. The maximum absolute atomic E-state index is 9.12. The molecule has 1 unspecified atom stereocenters. The number of rotatable bonds is 5. The molecule has 2 saturated heterocycles. The molecule has 1 aromatic carbocycles. The van der Waals surface area contributed by atoms with Crippen molar-refractivity contribution in [3.05, 3.63) is 36.0 Å². The summed E-state index contributed by atoms with van der Waals surface area (Å²) in [6, 6.07) is 9.77. The summed E-state index contributed by atoms with van der Waals surface area (Å²) in [5.41, 5.74) is 3.29. The van der Waals surface area contributed by atoms with Gasteiger partial charge in [0.15, 0.2) is 0 Å². The van der Waals surface area contributed by atoms with Crippen LogP contribution in [0, 0.1) is 17.2 Å². The van der Waals surface area contributed by atoms with E-state index in [-0.39, 0.29) is 5.60 Å². The molecule has 3 heterocycles. The molecule has 4 rings (SSSR count). The van der Waals surface area contributed by atoms with Gasteiger partial charge in [0, 0.05) is 25.2 Å². The first-order chi connectivity index (χ1) is 14.0. The third-order valence-electron chi connectivity index (χ3n) is 5.53. The Morgan fingerprint density at radius 1 is 1.34 bits per heavy atom. The van der Waals surface area contributed by atoms with Crippen LogP contribution < -0.4 is 15.5 Å². The summed E-state index contributed by atoms with van der Waals surface area (Å²) >= 11 is 0. The summed E-state index contributed by atoms with van der Waals surface area (Å²) in [4.78, 5) is 11.8. The Kier molecular flexibility index (Phi) is 5.65. The molecular weight excluding hydrogens is 364 g/mol. The van der Waals surface area contributed by atoms with Crippen LogP contribution in [0.1, 0.15) is 25.8 Å². The fourth-order valence-electron chi connectivity index (χ4n) is 3.95. The third-order valence-corrected chi connectivity index (χ3v) is 5.53. The number of hydrogen-bond acceptors (Lipinski definition) is 7. The van der Waals surface area contributed by atoms with Crippen molar-refractivity contribution in [2.45, 2.75) is 25.9 Å². The quantitative estimate of drug-likeness (QED) is 0.809. The van der Waals surface area contributed by atoms with Crippen molar-refractivity contribution in [3.63, 3.8) is 0 Å². The molecule has 0 spiro atoms. The van der Waals surface area contributed by atoms with Gasteiger partial charge in [0.05, 0.1) is 41.4 Å². The molecule has 29 heavy (non-hydrogen) atoms. The second-order valence-electron chi connectivity index (χ2n) is 8.39. The lowest BCUT2D eigenvalue weighted by molar-refractivity contribution is -0.0276. The largest absolute Gasteiger partial charge is 0.372 e. The number of ether oxygens (including phenoxy) is 1. The second kappa shape index (κ2) is 8.36. The van der Waals surface area contributed by atoms with E-state index < -0.39 is 0 Å². The number of morpholine rings is 1. The fourth-order valence-corrected chi connectivity index (χ4v) is 3.95. The van der Waals surface area contributed by atoms with E-state index in [9.17, 15) is 0 Å². The second-order valence-corrected chi connectivity index (χ2v) is 8.39. The van der Waals surface area contributed by atoms with Crippen LogP contribution in [-0.2, 0) is 4.74 Å². The Bertz CT molecular complexity index is 883. The third kappa shape index (κ3) is 4.66. The molecule has 152 valence electrons. The molecule has 0 radical (unpaired) electrons. The fraction of sp³-hybridized carbons (Fsp3) is 0.500. The van der Waals surface area contributed by atoms with Crippen molar-refractivity contribution in [2.24, 2.45) is 5.92 Å². The van der Waals surface area contributed by atoms with Crippen LogP contribution in [0.3, 0.4) is 0 Å². The summed E-state index contributed by atoms with van der Waals surface area (Å²) in [5.74, 6) is 1.25. The lowest BCUT2D eigenvalue weighted by atomic mass is 10.0. The maximum atomic E-state index is 9.12. The van der Waals surface area contributed by atoms with E-state index in [1.165, 1.54) is 6.42 Å². The summed E-state index contributed by atoms with van der Waals surface area (Å²) < 4.78 is 5.88. The molecule has 0 amide bonds. The average molecular weight is 393 g/mol. The molecule has 2 aliphatic heterocycles. The lowest BCUT2D eigenvalue weighted by Crippen LogP contribution is -2.48. The van der Waals surface area contributed by atoms with Crippen LogP contribution in [0.5, 0.6) is 0 Å². The zero-order valence-electron chi connectivity index (χ0n) is 17.1. The standard InChI is InChI=1S/C22H28N6O/c1-22(2)15-28(9-10-29-22)19-14-26-21(25-13-17-7-8-24-12-17)27-20(19)18-5-3-16(11-23)4-6-18/h3-6,14,17,24H,7-10,12-13,15H2,1-2H3,(H,25,26,27). The Morgan fingerprint density at radius 3 is 2.86 bits per heavy atom. The molecule has 7 heteroatoms. The highest BCUT2D eigenvalue weighted by molar-refractivity contribution is 5.76. The summed E-state index contributed by atoms with van der Waals surface area (Å²) in [5, 5.41) is 15.9. The Hall–Kier alpha value is -2.69. The van der Waals surface area contributed by atoms with Gasteiger partial charge in [0.1, 0.15) is 0 Å². The highest BCUT2D eigenvalue weighted by atomic mass is 16.5. The van der Waals surface area contributed by atoms with Crippen molar-refractivity contribution in [1.29, 1.82) is 5.26 Å². The van der Waals surface area contributed by atoms with Crippen LogP contribution >= 0.6 is 0 Å². The predicted molar refractivity (Wildman–Crippen MR) is 114 cm³/mol. The van der Waals surface area contributed by atoms with Crippen molar-refractivity contribution in [2.75, 3.05) is 49.5 Å². The zero-order valence-corrected chi connectivity index (χ0v) is 17.1. The van der Waals surface area contributed by atoms with Gasteiger partial charge in [-0.05, 0) is 51.4 Å². The zero-order chi connectivity index (χ0) is 20.3. The van der Waals surface area contributed by atoms with Gasteiger partial charge in [-0.1, -0.05) is 12.1 Å². The predicted octanol–water partition coefficient (Wildman–Crippen LogP) is 2.65. The van der Waals surface area contributed by atoms with Gasteiger partial charge in [-0.3, -0.25) is 0 Å². The first-order valence-electron chi connectivity index (χ1n) is 10.3. The van der Waals surface area contributed by atoms with E-state index in [4.69, 9.17) is 15.0 Å². The molecule has 2 aliphatic rings. The summed E-state index contributed by atoms with van der Waals surface area (Å²) in [6.45, 7) is 9.45. The van der Waals surface area contributed by atoms with Gasteiger partial charge >= 0.3 is 0 Å². The van der Waals surface area contributed by atoms with Crippen LogP contribution in [-0.4, -0.2) is 54.9 Å². The monoisotopic (exact) mass is 392 g/mol. The van der Waals surface area contributed by atoms with Crippen molar-refractivity contribution >= 4 is 11.6 Å². The van der Waals surface area contributed by atoms with Crippen molar-refractivity contribution in [1.82, 2.24) is 15.3 Å². The van der Waals surface area contributed by atoms with E-state index in [1.807, 2.05) is 30.5 Å². The number of anilines is 2. The minimum atomic E-state index is -0.216. The number of benzene rings is 1. The summed E-state index contributed by atoms with van der Waals surface area (Å²) in [7, 11) is 0. The molecule has 1 atom stereocenters. The van der Waals surface area contributed by atoms with Crippen LogP contribution in [0.25, 0.3) is 11.3 Å². The summed E-state index contributed by atoms with van der Waals surface area (Å²) in [6.07, 6.45) is 3.09. The van der Waals surface area contributed by atoms with Crippen LogP contribution in [0.4, 0.5) is 11.6 Å². The minimum Gasteiger partial charge on any atom is -0.372 e. The number of nitrogens with one attached hydrogen (secondary N) is 2. The molecular formula is C22H28N6O. The van der Waals surface area contributed by atoms with Gasteiger partial charge < -0.3 is 20.3 Å². The Morgan fingerprint density at radius 2 is 2.17 bits per heavy atom. The topological polar surface area (TPSA) is 86.1 Å². The van der Waals surface area contributed by atoms with E-state index in [0.29, 0.717) is 24.0 Å². The lowest BCUT2D eigenvalue weighted by Gasteiger charge is -2.39. The molecule has 0 bridgehead atoms. The van der Waals surface area contributed by atoms with E-state index in [1.54, 1.807) is 0 Å². The number of aromatic nitrogens is 2. The van der Waals surface area contributed by atoms with Gasteiger partial charge in [-0.2, -0.15) is 5.26 Å². The maximum Gasteiger partial charge on any atom is 0.223 e. The highest BCUT2D eigenvalue weighted by Gasteiger charge is 2.29. The number of hydrogen-bond donors (Lipinski definition) is 2. The average Bonchev–Trinajstić information content (AvgIpc) is 3.25. The van der Waals surface area contributed by atoms with Crippen molar-refractivity contribution in [3.8, 4) is 17.3 Å². The molecule has 0 saturated carbocycles. The molecule has 0 aliphatic carbocycles. The minimum absolute atomic E-state index is 0.216. The van der Waals surface area contributed by atoms with E-state index in [2.05, 4.69) is 40.4 Å². The molecule has 2 aromatic rings. The van der Waals surface area contributed by atoms with Gasteiger partial charge in [-0.15, -0.1) is 0 Å². The molecule has 2 fully saturated rings. The molecule has 1 aromatic heterocycles. The van der Waals surface area contributed by atoms with E-state index >= 15 is 0 Å². The van der Waals surface area contributed by atoms with Crippen LogP contribution in [0.2, 0.25) is 0 Å². The van der Waals surface area contributed by atoms with E-state index in [0.717, 1.165) is 49.7 Å².